The number of ether oxygens (including phenoxy) is 2. The highest BCUT2D eigenvalue weighted by atomic mass is 79.9. The van der Waals surface area contributed by atoms with Gasteiger partial charge in [-0.1, -0.05) is 58.4 Å². The van der Waals surface area contributed by atoms with Crippen LogP contribution in [0.25, 0.3) is 0 Å². The van der Waals surface area contributed by atoms with E-state index in [1.54, 1.807) is 36.4 Å². The number of hydrogen-bond acceptors (Lipinski definition) is 5. The van der Waals surface area contributed by atoms with Gasteiger partial charge in [0.15, 0.2) is 0 Å². The SMILES string of the molecule is COc1ccccc1NC(=O)C(=O)N/N=C\c1cc(Br)ccc1OCc1ccccc1. The second-order valence-electron chi connectivity index (χ2n) is 6.31. The minimum absolute atomic E-state index is 0.386. The summed E-state index contributed by atoms with van der Waals surface area (Å²) < 4.78 is 11.8. The van der Waals surface area contributed by atoms with Gasteiger partial charge in [-0.05, 0) is 35.9 Å². The second-order valence-corrected chi connectivity index (χ2v) is 7.23. The van der Waals surface area contributed by atoms with Crippen LogP contribution in [0.4, 0.5) is 5.69 Å². The van der Waals surface area contributed by atoms with Gasteiger partial charge in [0.2, 0.25) is 0 Å². The Morgan fingerprint density at radius 3 is 2.48 bits per heavy atom. The number of benzene rings is 3. The molecule has 0 aliphatic heterocycles. The summed E-state index contributed by atoms with van der Waals surface area (Å²) in [7, 11) is 1.48. The first-order chi connectivity index (χ1) is 15.1. The number of carbonyl (C=O) groups excluding carboxylic acids is 2. The largest absolute Gasteiger partial charge is 0.495 e. The number of halogens is 1. The van der Waals surface area contributed by atoms with Gasteiger partial charge in [0.05, 0.1) is 19.0 Å². The summed E-state index contributed by atoms with van der Waals surface area (Å²) >= 11 is 3.41. The van der Waals surface area contributed by atoms with E-state index in [4.69, 9.17) is 9.47 Å². The number of hydrazone groups is 1. The summed E-state index contributed by atoms with van der Waals surface area (Å²) in [5.74, 6) is -0.745. The van der Waals surface area contributed by atoms with Gasteiger partial charge < -0.3 is 14.8 Å². The van der Waals surface area contributed by atoms with E-state index in [1.807, 2.05) is 36.4 Å². The van der Waals surface area contributed by atoms with E-state index in [2.05, 4.69) is 31.8 Å². The zero-order valence-electron chi connectivity index (χ0n) is 16.7. The Morgan fingerprint density at radius 1 is 0.968 bits per heavy atom. The zero-order valence-corrected chi connectivity index (χ0v) is 18.3. The van der Waals surface area contributed by atoms with Crippen molar-refractivity contribution < 1.29 is 19.1 Å². The predicted molar refractivity (Wildman–Crippen MR) is 122 cm³/mol. The van der Waals surface area contributed by atoms with E-state index in [-0.39, 0.29) is 0 Å². The first-order valence-corrected chi connectivity index (χ1v) is 10.1. The van der Waals surface area contributed by atoms with Gasteiger partial charge in [-0.15, -0.1) is 0 Å². The van der Waals surface area contributed by atoms with Crippen molar-refractivity contribution in [2.75, 3.05) is 12.4 Å². The summed E-state index contributed by atoms with van der Waals surface area (Å²) in [5.41, 5.74) is 4.26. The molecule has 3 rings (SSSR count). The molecule has 2 N–H and O–H groups in total. The Balaban J connectivity index is 1.62. The van der Waals surface area contributed by atoms with Gasteiger partial charge in [0.25, 0.3) is 0 Å². The summed E-state index contributed by atoms with van der Waals surface area (Å²) in [4.78, 5) is 24.2. The number of rotatable bonds is 7. The molecule has 0 fully saturated rings. The molecule has 0 saturated heterocycles. The Hall–Kier alpha value is -3.65. The maximum Gasteiger partial charge on any atom is 0.329 e. The van der Waals surface area contributed by atoms with Crippen LogP contribution >= 0.6 is 15.9 Å². The smallest absolute Gasteiger partial charge is 0.329 e. The van der Waals surface area contributed by atoms with Crippen LogP contribution in [-0.2, 0) is 16.2 Å². The lowest BCUT2D eigenvalue weighted by molar-refractivity contribution is -0.136. The Labute approximate surface area is 188 Å². The summed E-state index contributed by atoms with van der Waals surface area (Å²) in [6.07, 6.45) is 1.42. The van der Waals surface area contributed by atoms with Crippen molar-refractivity contribution in [3.8, 4) is 11.5 Å². The molecule has 158 valence electrons. The molecule has 0 bridgehead atoms. The van der Waals surface area contributed by atoms with E-state index < -0.39 is 11.8 Å². The molecular weight excluding hydrogens is 462 g/mol. The number of carbonyl (C=O) groups is 2. The van der Waals surface area contributed by atoms with Gasteiger partial charge >= 0.3 is 11.8 Å². The maximum absolute atomic E-state index is 12.1. The number of nitrogens with one attached hydrogen (secondary N) is 2. The number of hydrogen-bond donors (Lipinski definition) is 2. The lowest BCUT2D eigenvalue weighted by Gasteiger charge is -2.10. The van der Waals surface area contributed by atoms with Crippen molar-refractivity contribution in [1.82, 2.24) is 5.43 Å². The fraction of sp³-hybridized carbons (Fsp3) is 0.0870. The van der Waals surface area contributed by atoms with Crippen molar-refractivity contribution in [3.05, 3.63) is 88.4 Å². The normalized spacial score (nSPS) is 10.5. The van der Waals surface area contributed by atoms with E-state index in [1.165, 1.54) is 13.3 Å². The van der Waals surface area contributed by atoms with Crippen molar-refractivity contribution in [2.45, 2.75) is 6.61 Å². The number of methoxy groups -OCH3 is 1. The number of amides is 2. The van der Waals surface area contributed by atoms with Crippen LogP contribution < -0.4 is 20.2 Å². The maximum atomic E-state index is 12.1. The monoisotopic (exact) mass is 481 g/mol. The van der Waals surface area contributed by atoms with Crippen LogP contribution in [0.2, 0.25) is 0 Å². The zero-order chi connectivity index (χ0) is 22.1. The lowest BCUT2D eigenvalue weighted by atomic mass is 10.2. The van der Waals surface area contributed by atoms with Gasteiger partial charge in [-0.25, -0.2) is 5.43 Å². The average molecular weight is 482 g/mol. The van der Waals surface area contributed by atoms with Crippen LogP contribution in [0.15, 0.2) is 82.4 Å². The lowest BCUT2D eigenvalue weighted by Crippen LogP contribution is -2.32. The molecule has 0 aromatic heterocycles. The Morgan fingerprint density at radius 2 is 1.71 bits per heavy atom. The van der Waals surface area contributed by atoms with Crippen molar-refractivity contribution >= 4 is 39.6 Å². The summed E-state index contributed by atoms with van der Waals surface area (Å²) in [6.45, 7) is 0.386. The van der Waals surface area contributed by atoms with E-state index in [0.717, 1.165) is 10.0 Å². The van der Waals surface area contributed by atoms with Gasteiger partial charge in [-0.2, -0.15) is 5.10 Å². The first-order valence-electron chi connectivity index (χ1n) is 9.30. The third-order valence-corrected chi connectivity index (χ3v) is 4.63. The highest BCUT2D eigenvalue weighted by Crippen LogP contribution is 2.23. The molecule has 0 heterocycles. The molecule has 3 aromatic carbocycles. The standard InChI is InChI=1S/C23H20BrN3O4/c1-30-21-10-6-5-9-19(21)26-22(28)23(29)27-25-14-17-13-18(24)11-12-20(17)31-15-16-7-3-2-4-8-16/h2-14H,15H2,1H3,(H,26,28)(H,27,29)/b25-14-. The Kier molecular flexibility index (Phi) is 7.78. The molecular formula is C23H20BrN3O4. The molecule has 3 aromatic rings. The minimum atomic E-state index is -0.913. The number of anilines is 1. The molecule has 0 radical (unpaired) electrons. The number of nitrogens with zero attached hydrogens (tertiary/aromatic N) is 1. The summed E-state index contributed by atoms with van der Waals surface area (Å²) in [5, 5.41) is 6.37. The van der Waals surface area contributed by atoms with Crippen molar-refractivity contribution in [2.24, 2.45) is 5.10 Å². The van der Waals surface area contributed by atoms with E-state index >= 15 is 0 Å². The Bertz CT molecular complexity index is 1090. The van der Waals surface area contributed by atoms with Crippen LogP contribution in [0, 0.1) is 0 Å². The molecule has 0 spiro atoms. The second kappa shape index (κ2) is 10.9. The number of para-hydroxylation sites is 2. The third kappa shape index (κ3) is 6.42. The fourth-order valence-electron chi connectivity index (χ4n) is 2.63. The highest BCUT2D eigenvalue weighted by Gasteiger charge is 2.15. The first kappa shape index (κ1) is 22.0. The molecule has 0 atom stereocenters. The van der Waals surface area contributed by atoms with E-state index in [9.17, 15) is 9.59 Å². The van der Waals surface area contributed by atoms with Crippen LogP contribution in [-0.4, -0.2) is 25.1 Å². The van der Waals surface area contributed by atoms with Crippen LogP contribution in [0.1, 0.15) is 11.1 Å². The molecule has 7 nitrogen and oxygen atoms in total. The summed E-state index contributed by atoms with van der Waals surface area (Å²) in [6, 6.07) is 22.0. The van der Waals surface area contributed by atoms with Gasteiger partial charge in [0.1, 0.15) is 18.1 Å². The quantitative estimate of drug-likeness (QED) is 0.301. The topological polar surface area (TPSA) is 89.0 Å². The molecule has 0 saturated carbocycles. The van der Waals surface area contributed by atoms with Gasteiger partial charge in [0, 0.05) is 10.0 Å². The van der Waals surface area contributed by atoms with E-state index in [0.29, 0.717) is 29.4 Å². The molecule has 8 heteroatoms. The van der Waals surface area contributed by atoms with Crippen molar-refractivity contribution in [1.29, 1.82) is 0 Å². The third-order valence-electron chi connectivity index (χ3n) is 4.14. The van der Waals surface area contributed by atoms with Crippen LogP contribution in [0.5, 0.6) is 11.5 Å². The molecule has 2 amide bonds. The van der Waals surface area contributed by atoms with Crippen LogP contribution in [0.3, 0.4) is 0 Å². The molecule has 0 aliphatic rings. The predicted octanol–water partition coefficient (Wildman–Crippen LogP) is 4.13. The minimum Gasteiger partial charge on any atom is -0.495 e. The average Bonchev–Trinajstić information content (AvgIpc) is 2.79. The van der Waals surface area contributed by atoms with Gasteiger partial charge in [-0.3, -0.25) is 9.59 Å². The van der Waals surface area contributed by atoms with Crippen molar-refractivity contribution in [3.63, 3.8) is 0 Å². The molecule has 0 unspecified atom stereocenters. The molecule has 31 heavy (non-hydrogen) atoms. The highest BCUT2D eigenvalue weighted by molar-refractivity contribution is 9.10. The molecule has 0 aliphatic carbocycles. The fourth-order valence-corrected chi connectivity index (χ4v) is 3.00.